The molecule has 1 amide bonds. The fourth-order valence-electron chi connectivity index (χ4n) is 2.76. The lowest BCUT2D eigenvalue weighted by atomic mass is 10.1. The Bertz CT molecular complexity index is 468. The fraction of sp³-hybridized carbons (Fsp3) is 0.562. The predicted octanol–water partition coefficient (Wildman–Crippen LogP) is 1.58. The summed E-state index contributed by atoms with van der Waals surface area (Å²) in [5.74, 6) is 0.0303. The molecule has 1 aromatic carbocycles. The second-order valence-electron chi connectivity index (χ2n) is 5.68. The number of carbonyl (C=O) groups is 1. The highest BCUT2D eigenvalue weighted by atomic mass is 16.5. The first-order valence-electron chi connectivity index (χ1n) is 7.54. The van der Waals surface area contributed by atoms with Crippen molar-refractivity contribution in [3.8, 4) is 0 Å². The van der Waals surface area contributed by atoms with Gasteiger partial charge in [0.2, 0.25) is 5.91 Å². The molecule has 1 fully saturated rings. The Labute approximate surface area is 126 Å². The molecule has 1 aliphatic heterocycles. The van der Waals surface area contributed by atoms with Crippen molar-refractivity contribution < 1.29 is 9.53 Å². The van der Waals surface area contributed by atoms with E-state index in [2.05, 4.69) is 24.1 Å². The summed E-state index contributed by atoms with van der Waals surface area (Å²) < 4.78 is 5.69. The van der Waals surface area contributed by atoms with Crippen LogP contribution in [-0.2, 0) is 16.1 Å². The fourth-order valence-corrected chi connectivity index (χ4v) is 2.76. The van der Waals surface area contributed by atoms with Crippen molar-refractivity contribution >= 4 is 11.6 Å². The number of ether oxygens (including phenoxy) is 1. The van der Waals surface area contributed by atoms with Gasteiger partial charge < -0.3 is 15.8 Å². The molecule has 1 aliphatic rings. The van der Waals surface area contributed by atoms with E-state index in [0.29, 0.717) is 13.0 Å². The van der Waals surface area contributed by atoms with Gasteiger partial charge in [0.05, 0.1) is 12.2 Å². The summed E-state index contributed by atoms with van der Waals surface area (Å²) in [4.78, 5) is 14.4. The number of amides is 1. The minimum absolute atomic E-state index is 0.0303. The zero-order valence-corrected chi connectivity index (χ0v) is 12.8. The number of nitrogens with one attached hydrogen (secondary N) is 1. The molecule has 0 spiro atoms. The number of hydrogen-bond donors (Lipinski definition) is 2. The van der Waals surface area contributed by atoms with E-state index in [1.54, 1.807) is 0 Å². The summed E-state index contributed by atoms with van der Waals surface area (Å²) in [7, 11) is 0. The summed E-state index contributed by atoms with van der Waals surface area (Å²) in [5.41, 5.74) is 7.45. The second kappa shape index (κ2) is 7.54. The van der Waals surface area contributed by atoms with Gasteiger partial charge in [0, 0.05) is 38.3 Å². The molecule has 0 aromatic heterocycles. The summed E-state index contributed by atoms with van der Waals surface area (Å²) in [6.07, 6.45) is 0.947. The number of nitrogens with zero attached hydrogens (tertiary/aromatic N) is 1. The van der Waals surface area contributed by atoms with Gasteiger partial charge in [0.15, 0.2) is 0 Å². The molecule has 5 nitrogen and oxygen atoms in total. The molecule has 3 N–H and O–H groups in total. The smallest absolute Gasteiger partial charge is 0.225 e. The number of benzene rings is 1. The van der Waals surface area contributed by atoms with E-state index >= 15 is 0 Å². The van der Waals surface area contributed by atoms with Crippen LogP contribution < -0.4 is 11.1 Å². The number of rotatable bonds is 5. The molecule has 0 radical (unpaired) electrons. The Balaban J connectivity index is 1.82. The largest absolute Gasteiger partial charge is 0.373 e. The summed E-state index contributed by atoms with van der Waals surface area (Å²) in [6.45, 7) is 7.10. The van der Waals surface area contributed by atoms with Crippen molar-refractivity contribution in [3.63, 3.8) is 0 Å². The van der Waals surface area contributed by atoms with Crippen LogP contribution in [0.2, 0.25) is 0 Å². The number of nitrogens with two attached hydrogens (primary N) is 1. The number of hydrogen-bond acceptors (Lipinski definition) is 4. The predicted molar refractivity (Wildman–Crippen MR) is 84.0 cm³/mol. The van der Waals surface area contributed by atoms with Crippen LogP contribution in [0.3, 0.4) is 0 Å². The first kappa shape index (κ1) is 15.9. The topological polar surface area (TPSA) is 67.6 Å². The van der Waals surface area contributed by atoms with Crippen molar-refractivity contribution in [1.82, 2.24) is 4.90 Å². The highest BCUT2D eigenvalue weighted by molar-refractivity contribution is 5.91. The SMILES string of the molecule is CC1CN(CCC(=O)Nc2ccccc2CN)CC(C)O1. The molecule has 2 rings (SSSR count). The van der Waals surface area contributed by atoms with Gasteiger partial charge in [-0.3, -0.25) is 9.69 Å². The lowest BCUT2D eigenvalue weighted by Gasteiger charge is -2.35. The van der Waals surface area contributed by atoms with Crippen LogP contribution in [-0.4, -0.2) is 42.6 Å². The maximum atomic E-state index is 12.1. The van der Waals surface area contributed by atoms with E-state index in [0.717, 1.165) is 30.9 Å². The summed E-state index contributed by atoms with van der Waals surface area (Å²) in [5, 5.41) is 2.95. The Morgan fingerprint density at radius 1 is 1.33 bits per heavy atom. The van der Waals surface area contributed by atoms with Gasteiger partial charge >= 0.3 is 0 Å². The van der Waals surface area contributed by atoms with Gasteiger partial charge in [-0.05, 0) is 25.5 Å². The third kappa shape index (κ3) is 4.81. The molecule has 0 saturated carbocycles. The number of anilines is 1. The minimum Gasteiger partial charge on any atom is -0.373 e. The maximum Gasteiger partial charge on any atom is 0.225 e. The zero-order valence-electron chi connectivity index (χ0n) is 12.8. The van der Waals surface area contributed by atoms with Crippen LogP contribution in [0.5, 0.6) is 0 Å². The molecule has 1 aromatic rings. The second-order valence-corrected chi connectivity index (χ2v) is 5.68. The van der Waals surface area contributed by atoms with Crippen molar-refractivity contribution in [1.29, 1.82) is 0 Å². The minimum atomic E-state index is 0.0303. The lowest BCUT2D eigenvalue weighted by molar-refractivity contribution is -0.117. The van der Waals surface area contributed by atoms with Gasteiger partial charge in [-0.25, -0.2) is 0 Å². The average molecular weight is 291 g/mol. The third-order valence-electron chi connectivity index (χ3n) is 3.66. The summed E-state index contributed by atoms with van der Waals surface area (Å²) in [6, 6.07) is 7.65. The first-order valence-corrected chi connectivity index (χ1v) is 7.54. The molecule has 116 valence electrons. The Kier molecular flexibility index (Phi) is 5.73. The first-order chi connectivity index (χ1) is 10.1. The van der Waals surface area contributed by atoms with E-state index in [4.69, 9.17) is 10.5 Å². The Morgan fingerprint density at radius 2 is 2.00 bits per heavy atom. The number of morpholine rings is 1. The van der Waals surface area contributed by atoms with Gasteiger partial charge in [0.1, 0.15) is 0 Å². The van der Waals surface area contributed by atoms with Crippen molar-refractivity contribution in [2.24, 2.45) is 5.73 Å². The molecule has 1 saturated heterocycles. The van der Waals surface area contributed by atoms with E-state index < -0.39 is 0 Å². The Morgan fingerprint density at radius 3 is 2.67 bits per heavy atom. The summed E-state index contributed by atoms with van der Waals surface area (Å²) >= 11 is 0. The Hall–Kier alpha value is -1.43. The standard InChI is InChI=1S/C16H25N3O2/c1-12-10-19(11-13(2)21-12)8-7-16(20)18-15-6-4-3-5-14(15)9-17/h3-6,12-13H,7-11,17H2,1-2H3,(H,18,20). The molecule has 5 heteroatoms. The number of para-hydroxylation sites is 1. The van der Waals surface area contributed by atoms with Crippen LogP contribution in [0.1, 0.15) is 25.8 Å². The van der Waals surface area contributed by atoms with Crippen LogP contribution in [0.25, 0.3) is 0 Å². The molecule has 2 unspecified atom stereocenters. The monoisotopic (exact) mass is 291 g/mol. The van der Waals surface area contributed by atoms with Crippen LogP contribution >= 0.6 is 0 Å². The average Bonchev–Trinajstić information content (AvgIpc) is 2.45. The van der Waals surface area contributed by atoms with E-state index in [-0.39, 0.29) is 18.1 Å². The molecule has 2 atom stereocenters. The quantitative estimate of drug-likeness (QED) is 0.864. The molecule has 0 aliphatic carbocycles. The maximum absolute atomic E-state index is 12.1. The zero-order chi connectivity index (χ0) is 15.2. The van der Waals surface area contributed by atoms with Gasteiger partial charge in [-0.15, -0.1) is 0 Å². The van der Waals surface area contributed by atoms with Gasteiger partial charge in [-0.2, -0.15) is 0 Å². The number of carbonyl (C=O) groups excluding carboxylic acids is 1. The van der Waals surface area contributed by atoms with Crippen molar-refractivity contribution in [2.75, 3.05) is 25.0 Å². The lowest BCUT2D eigenvalue weighted by Crippen LogP contribution is -2.46. The third-order valence-corrected chi connectivity index (χ3v) is 3.66. The highest BCUT2D eigenvalue weighted by Crippen LogP contribution is 2.15. The van der Waals surface area contributed by atoms with Crippen molar-refractivity contribution in [2.45, 2.75) is 39.0 Å². The molecular formula is C16H25N3O2. The van der Waals surface area contributed by atoms with E-state index in [1.165, 1.54) is 0 Å². The van der Waals surface area contributed by atoms with Crippen molar-refractivity contribution in [3.05, 3.63) is 29.8 Å². The molecule has 0 bridgehead atoms. The van der Waals surface area contributed by atoms with Crippen LogP contribution in [0, 0.1) is 0 Å². The molecule has 21 heavy (non-hydrogen) atoms. The van der Waals surface area contributed by atoms with E-state index in [9.17, 15) is 4.79 Å². The normalized spacial score (nSPS) is 23.0. The van der Waals surface area contributed by atoms with Crippen LogP contribution in [0.4, 0.5) is 5.69 Å². The van der Waals surface area contributed by atoms with E-state index in [1.807, 2.05) is 24.3 Å². The highest BCUT2D eigenvalue weighted by Gasteiger charge is 2.22. The molecule has 1 heterocycles. The van der Waals surface area contributed by atoms with Gasteiger partial charge in [0.25, 0.3) is 0 Å². The molecular weight excluding hydrogens is 266 g/mol. The van der Waals surface area contributed by atoms with Gasteiger partial charge in [-0.1, -0.05) is 18.2 Å². The van der Waals surface area contributed by atoms with Crippen LogP contribution in [0.15, 0.2) is 24.3 Å².